The van der Waals surface area contributed by atoms with Gasteiger partial charge in [0.2, 0.25) is 10.0 Å². The predicted octanol–water partition coefficient (Wildman–Crippen LogP) is 0.510. The molecule has 9 heteroatoms. The summed E-state index contributed by atoms with van der Waals surface area (Å²) in [6, 6.07) is 3.95. The van der Waals surface area contributed by atoms with E-state index < -0.39 is 28.0 Å². The number of rotatable bonds is 6. The summed E-state index contributed by atoms with van der Waals surface area (Å²) >= 11 is 0. The SMILES string of the molecule is COc1ccc(C(=O)O[C@@H](C)C(N)=O)cc1S(=O)(=O)N1CCCC1. The van der Waals surface area contributed by atoms with Gasteiger partial charge in [0.1, 0.15) is 10.6 Å². The van der Waals surface area contributed by atoms with Crippen LogP contribution in [0.3, 0.4) is 0 Å². The number of esters is 1. The molecule has 132 valence electrons. The van der Waals surface area contributed by atoms with E-state index in [-0.39, 0.29) is 16.2 Å². The van der Waals surface area contributed by atoms with Crippen LogP contribution in [0.5, 0.6) is 5.75 Å². The number of hydrogen-bond donors (Lipinski definition) is 1. The van der Waals surface area contributed by atoms with Crippen LogP contribution in [-0.2, 0) is 19.6 Å². The van der Waals surface area contributed by atoms with Crippen LogP contribution in [0.2, 0.25) is 0 Å². The highest BCUT2D eigenvalue weighted by Crippen LogP contribution is 2.30. The second-order valence-electron chi connectivity index (χ2n) is 5.43. The summed E-state index contributed by atoms with van der Waals surface area (Å²) in [7, 11) is -2.42. The average molecular weight is 356 g/mol. The van der Waals surface area contributed by atoms with E-state index in [1.165, 1.54) is 36.5 Å². The molecular formula is C15H20N2O6S. The van der Waals surface area contributed by atoms with E-state index in [0.29, 0.717) is 13.1 Å². The van der Waals surface area contributed by atoms with Crippen molar-refractivity contribution in [2.75, 3.05) is 20.2 Å². The summed E-state index contributed by atoms with van der Waals surface area (Å²) in [6.07, 6.45) is 0.469. The Morgan fingerprint density at radius 2 is 1.88 bits per heavy atom. The van der Waals surface area contributed by atoms with Crippen LogP contribution in [0.4, 0.5) is 0 Å². The minimum Gasteiger partial charge on any atom is -0.495 e. The van der Waals surface area contributed by atoms with Gasteiger partial charge in [-0.25, -0.2) is 13.2 Å². The van der Waals surface area contributed by atoms with E-state index in [0.717, 1.165) is 12.8 Å². The minimum atomic E-state index is -3.77. The zero-order valence-electron chi connectivity index (χ0n) is 13.5. The fourth-order valence-electron chi connectivity index (χ4n) is 2.36. The Morgan fingerprint density at radius 1 is 1.25 bits per heavy atom. The first-order valence-corrected chi connectivity index (χ1v) is 8.90. The summed E-state index contributed by atoms with van der Waals surface area (Å²) in [6.45, 7) is 2.20. The molecule has 2 N–H and O–H groups in total. The second-order valence-corrected chi connectivity index (χ2v) is 7.33. The number of benzene rings is 1. The monoisotopic (exact) mass is 356 g/mol. The number of ether oxygens (including phenoxy) is 2. The van der Waals surface area contributed by atoms with Gasteiger partial charge in [0.15, 0.2) is 6.10 Å². The highest BCUT2D eigenvalue weighted by atomic mass is 32.2. The van der Waals surface area contributed by atoms with Gasteiger partial charge in [-0.3, -0.25) is 4.79 Å². The average Bonchev–Trinajstić information content (AvgIpc) is 3.09. The van der Waals surface area contributed by atoms with Gasteiger partial charge in [0, 0.05) is 13.1 Å². The smallest absolute Gasteiger partial charge is 0.338 e. The van der Waals surface area contributed by atoms with Gasteiger partial charge in [-0.1, -0.05) is 0 Å². The van der Waals surface area contributed by atoms with E-state index in [4.69, 9.17) is 15.2 Å². The summed E-state index contributed by atoms with van der Waals surface area (Å²) in [4.78, 5) is 23.0. The summed E-state index contributed by atoms with van der Waals surface area (Å²) in [5.41, 5.74) is 5.05. The predicted molar refractivity (Wildman–Crippen MR) is 85.1 cm³/mol. The molecule has 0 saturated carbocycles. The molecule has 1 aliphatic rings. The molecule has 0 aliphatic carbocycles. The number of amides is 1. The van der Waals surface area contributed by atoms with Crippen molar-refractivity contribution >= 4 is 21.9 Å². The van der Waals surface area contributed by atoms with Crippen molar-refractivity contribution in [1.29, 1.82) is 0 Å². The normalized spacial score (nSPS) is 16.6. The van der Waals surface area contributed by atoms with Crippen molar-refractivity contribution in [3.05, 3.63) is 23.8 Å². The maximum atomic E-state index is 12.7. The molecule has 1 saturated heterocycles. The molecule has 0 spiro atoms. The highest BCUT2D eigenvalue weighted by molar-refractivity contribution is 7.89. The fourth-order valence-corrected chi connectivity index (χ4v) is 4.06. The van der Waals surface area contributed by atoms with Gasteiger partial charge in [-0.05, 0) is 38.0 Å². The number of hydrogen-bond acceptors (Lipinski definition) is 6. The number of carbonyl (C=O) groups is 2. The van der Waals surface area contributed by atoms with Gasteiger partial charge in [-0.2, -0.15) is 4.31 Å². The molecule has 0 bridgehead atoms. The van der Waals surface area contributed by atoms with Crippen molar-refractivity contribution < 1.29 is 27.5 Å². The van der Waals surface area contributed by atoms with Crippen molar-refractivity contribution in [1.82, 2.24) is 4.31 Å². The molecule has 0 aromatic heterocycles. The molecule has 1 atom stereocenters. The first-order chi connectivity index (χ1) is 11.3. The molecule has 0 unspecified atom stereocenters. The molecule has 1 heterocycles. The molecule has 1 amide bonds. The number of nitrogens with zero attached hydrogens (tertiary/aromatic N) is 1. The molecule has 1 fully saturated rings. The lowest BCUT2D eigenvalue weighted by Crippen LogP contribution is -2.31. The van der Waals surface area contributed by atoms with Crippen LogP contribution in [0.1, 0.15) is 30.1 Å². The summed E-state index contributed by atoms with van der Waals surface area (Å²) in [5, 5.41) is 0. The van der Waals surface area contributed by atoms with E-state index >= 15 is 0 Å². The van der Waals surface area contributed by atoms with Gasteiger partial charge >= 0.3 is 5.97 Å². The quantitative estimate of drug-likeness (QED) is 0.743. The minimum absolute atomic E-state index is 0.00155. The Morgan fingerprint density at radius 3 is 2.42 bits per heavy atom. The van der Waals surface area contributed by atoms with Gasteiger partial charge in [0.25, 0.3) is 5.91 Å². The van der Waals surface area contributed by atoms with Crippen LogP contribution in [0.15, 0.2) is 23.1 Å². The number of carbonyl (C=O) groups excluding carboxylic acids is 2. The molecule has 24 heavy (non-hydrogen) atoms. The Kier molecular flexibility index (Phi) is 5.45. The van der Waals surface area contributed by atoms with Crippen molar-refractivity contribution in [3.8, 4) is 5.75 Å². The van der Waals surface area contributed by atoms with Crippen LogP contribution >= 0.6 is 0 Å². The number of sulfonamides is 1. The zero-order chi connectivity index (χ0) is 17.9. The maximum absolute atomic E-state index is 12.7. The number of methoxy groups -OCH3 is 1. The van der Waals surface area contributed by atoms with Gasteiger partial charge in [0.05, 0.1) is 12.7 Å². The lowest BCUT2D eigenvalue weighted by Gasteiger charge is -2.18. The topological polar surface area (TPSA) is 116 Å². The van der Waals surface area contributed by atoms with Crippen molar-refractivity contribution in [3.63, 3.8) is 0 Å². The second kappa shape index (κ2) is 7.18. The highest BCUT2D eigenvalue weighted by Gasteiger charge is 2.31. The summed E-state index contributed by atoms with van der Waals surface area (Å²) < 4.78 is 36.8. The molecule has 2 rings (SSSR count). The van der Waals surface area contributed by atoms with E-state index in [2.05, 4.69) is 0 Å². The largest absolute Gasteiger partial charge is 0.495 e. The Bertz CT molecular complexity index is 740. The third-order valence-electron chi connectivity index (χ3n) is 3.77. The molecule has 1 aromatic carbocycles. The van der Waals surface area contributed by atoms with E-state index in [1.807, 2.05) is 0 Å². The Balaban J connectivity index is 2.37. The molecule has 1 aliphatic heterocycles. The van der Waals surface area contributed by atoms with Crippen LogP contribution in [0, 0.1) is 0 Å². The molecule has 8 nitrogen and oxygen atoms in total. The van der Waals surface area contributed by atoms with Gasteiger partial charge in [-0.15, -0.1) is 0 Å². The maximum Gasteiger partial charge on any atom is 0.338 e. The third kappa shape index (κ3) is 3.68. The van der Waals surface area contributed by atoms with Crippen LogP contribution < -0.4 is 10.5 Å². The van der Waals surface area contributed by atoms with Crippen molar-refractivity contribution in [2.24, 2.45) is 5.73 Å². The number of primary amides is 1. The lowest BCUT2D eigenvalue weighted by atomic mass is 10.2. The first kappa shape index (κ1) is 18.2. The number of nitrogens with two attached hydrogens (primary N) is 1. The van der Waals surface area contributed by atoms with Crippen molar-refractivity contribution in [2.45, 2.75) is 30.8 Å². The fraction of sp³-hybridized carbons (Fsp3) is 0.467. The van der Waals surface area contributed by atoms with Crippen LogP contribution in [-0.4, -0.2) is 50.9 Å². The standard InChI is InChI=1S/C15H20N2O6S/c1-10(14(16)18)23-15(19)11-5-6-12(22-2)13(9-11)24(20,21)17-7-3-4-8-17/h5-6,9-10H,3-4,7-8H2,1-2H3,(H2,16,18)/t10-/m0/s1. The van der Waals surface area contributed by atoms with Crippen LogP contribution in [0.25, 0.3) is 0 Å². The van der Waals surface area contributed by atoms with E-state index in [9.17, 15) is 18.0 Å². The Labute approximate surface area is 140 Å². The van der Waals surface area contributed by atoms with E-state index in [1.54, 1.807) is 0 Å². The van der Waals surface area contributed by atoms with Gasteiger partial charge < -0.3 is 15.2 Å². The Hall–Kier alpha value is -2.13. The lowest BCUT2D eigenvalue weighted by molar-refractivity contribution is -0.125. The zero-order valence-corrected chi connectivity index (χ0v) is 14.3. The summed E-state index contributed by atoms with van der Waals surface area (Å²) in [5.74, 6) is -1.48. The third-order valence-corrected chi connectivity index (χ3v) is 5.69. The first-order valence-electron chi connectivity index (χ1n) is 7.46. The molecular weight excluding hydrogens is 336 g/mol. The molecule has 0 radical (unpaired) electrons. The molecule has 1 aromatic rings.